The Kier molecular flexibility index (Phi) is 2.67. The molecule has 0 rings (SSSR count). The first kappa shape index (κ1) is 10.4. The fourth-order valence-corrected chi connectivity index (χ4v) is 0.518. The van der Waals surface area contributed by atoms with Gasteiger partial charge >= 0.3 is 5.97 Å². The molecule has 3 nitrogen and oxygen atoms in total. The van der Waals surface area contributed by atoms with E-state index in [4.69, 9.17) is 5.73 Å². The van der Waals surface area contributed by atoms with Crippen LogP contribution in [-0.2, 0) is 9.53 Å². The van der Waals surface area contributed by atoms with Crippen LogP contribution in [0.25, 0.3) is 0 Å². The maximum atomic E-state index is 11.1. The average molecular weight is 159 g/mol. The van der Waals surface area contributed by atoms with Crippen molar-refractivity contribution in [3.05, 3.63) is 0 Å². The third-order valence-electron chi connectivity index (χ3n) is 2.17. The molecule has 2 N–H and O–H groups in total. The highest BCUT2D eigenvalue weighted by Crippen LogP contribution is 2.28. The highest BCUT2D eigenvalue weighted by atomic mass is 16.5. The van der Waals surface area contributed by atoms with Gasteiger partial charge in [-0.25, -0.2) is 0 Å². The molecule has 11 heavy (non-hydrogen) atoms. The van der Waals surface area contributed by atoms with Crippen molar-refractivity contribution >= 4 is 5.97 Å². The minimum absolute atomic E-state index is 0.278. The van der Waals surface area contributed by atoms with E-state index in [0.29, 0.717) is 0 Å². The second-order valence-electron chi connectivity index (χ2n) is 3.94. The quantitative estimate of drug-likeness (QED) is 0.579. The zero-order valence-corrected chi connectivity index (χ0v) is 7.89. The predicted molar refractivity (Wildman–Crippen MR) is 44.1 cm³/mol. The average Bonchev–Trinajstić information content (AvgIpc) is 1.83. The highest BCUT2D eigenvalue weighted by molar-refractivity contribution is 5.80. The fourth-order valence-electron chi connectivity index (χ4n) is 0.518. The topological polar surface area (TPSA) is 52.3 Å². The highest BCUT2D eigenvalue weighted by Gasteiger charge is 2.41. The minimum atomic E-state index is -0.915. The Labute approximate surface area is 67.9 Å². The summed E-state index contributed by atoms with van der Waals surface area (Å²) in [7, 11) is 1.35. The SMILES string of the molecule is COC(=O)[C@](C)(N)C(C)(C)C. The molecule has 0 aromatic heterocycles. The van der Waals surface area contributed by atoms with Gasteiger partial charge in [0.25, 0.3) is 0 Å². The van der Waals surface area contributed by atoms with E-state index in [1.807, 2.05) is 20.8 Å². The molecule has 0 fully saturated rings. The Balaban J connectivity index is 4.59. The van der Waals surface area contributed by atoms with Crippen molar-refractivity contribution < 1.29 is 9.53 Å². The minimum Gasteiger partial charge on any atom is -0.468 e. The van der Waals surface area contributed by atoms with Crippen LogP contribution in [-0.4, -0.2) is 18.6 Å². The van der Waals surface area contributed by atoms with Gasteiger partial charge in [-0.1, -0.05) is 20.8 Å². The van der Waals surface area contributed by atoms with Crippen LogP contribution in [0.1, 0.15) is 27.7 Å². The van der Waals surface area contributed by atoms with E-state index in [1.165, 1.54) is 7.11 Å². The number of hydrogen-bond donors (Lipinski definition) is 1. The molecule has 3 heteroatoms. The van der Waals surface area contributed by atoms with E-state index in [0.717, 1.165) is 0 Å². The number of methoxy groups -OCH3 is 1. The first-order chi connectivity index (χ1) is 4.73. The van der Waals surface area contributed by atoms with Gasteiger partial charge in [0.1, 0.15) is 5.54 Å². The van der Waals surface area contributed by atoms with Crippen LogP contribution >= 0.6 is 0 Å². The van der Waals surface area contributed by atoms with Crippen molar-refractivity contribution in [3.63, 3.8) is 0 Å². The van der Waals surface area contributed by atoms with Crippen LogP contribution < -0.4 is 5.73 Å². The predicted octanol–water partition coefficient (Wildman–Crippen LogP) is 0.923. The molecule has 66 valence electrons. The lowest BCUT2D eigenvalue weighted by Crippen LogP contribution is -2.55. The van der Waals surface area contributed by atoms with Crippen LogP contribution in [0, 0.1) is 5.41 Å². The Morgan fingerprint density at radius 3 is 1.73 bits per heavy atom. The molecule has 0 amide bonds. The smallest absolute Gasteiger partial charge is 0.326 e. The molecule has 0 aromatic carbocycles. The maximum Gasteiger partial charge on any atom is 0.326 e. The second-order valence-corrected chi connectivity index (χ2v) is 3.94. The van der Waals surface area contributed by atoms with Gasteiger partial charge in [-0.05, 0) is 12.3 Å². The fraction of sp³-hybridized carbons (Fsp3) is 0.875. The van der Waals surface area contributed by atoms with Crippen molar-refractivity contribution in [3.8, 4) is 0 Å². The number of nitrogens with two attached hydrogens (primary N) is 1. The lowest BCUT2D eigenvalue weighted by molar-refractivity contribution is -0.150. The van der Waals surface area contributed by atoms with E-state index in [1.54, 1.807) is 6.92 Å². The summed E-state index contributed by atoms with van der Waals surface area (Å²) < 4.78 is 4.58. The van der Waals surface area contributed by atoms with E-state index in [2.05, 4.69) is 4.74 Å². The number of carbonyl (C=O) groups is 1. The van der Waals surface area contributed by atoms with Gasteiger partial charge in [-0.15, -0.1) is 0 Å². The molecule has 0 aromatic rings. The maximum absolute atomic E-state index is 11.1. The van der Waals surface area contributed by atoms with Gasteiger partial charge in [-0.3, -0.25) is 4.79 Å². The summed E-state index contributed by atoms with van der Waals surface area (Å²) >= 11 is 0. The Bertz CT molecular complexity index is 156. The van der Waals surface area contributed by atoms with Crippen LogP contribution in [0.5, 0.6) is 0 Å². The standard InChI is InChI=1S/C8H17NO2/c1-7(2,3)8(4,9)6(10)11-5/h9H2,1-5H3/t8-/m0/s1. The molecule has 0 aliphatic heterocycles. The first-order valence-corrected chi connectivity index (χ1v) is 3.61. The summed E-state index contributed by atoms with van der Waals surface area (Å²) in [6.07, 6.45) is 0. The lowest BCUT2D eigenvalue weighted by Gasteiger charge is -2.35. The van der Waals surface area contributed by atoms with Crippen LogP contribution in [0.15, 0.2) is 0 Å². The molecule has 0 bridgehead atoms. The Hall–Kier alpha value is -0.570. The summed E-state index contributed by atoms with van der Waals surface area (Å²) in [5, 5.41) is 0. The van der Waals surface area contributed by atoms with Gasteiger partial charge < -0.3 is 10.5 Å². The summed E-state index contributed by atoms with van der Waals surface area (Å²) in [6.45, 7) is 7.40. The van der Waals surface area contributed by atoms with Crippen molar-refractivity contribution in [2.24, 2.45) is 11.1 Å². The van der Waals surface area contributed by atoms with Crippen molar-refractivity contribution in [2.75, 3.05) is 7.11 Å². The Morgan fingerprint density at radius 1 is 1.27 bits per heavy atom. The van der Waals surface area contributed by atoms with Gasteiger partial charge in [0.15, 0.2) is 0 Å². The van der Waals surface area contributed by atoms with Crippen molar-refractivity contribution in [2.45, 2.75) is 33.2 Å². The number of rotatable bonds is 1. The molecular formula is C8H17NO2. The molecule has 0 aliphatic carbocycles. The van der Waals surface area contributed by atoms with E-state index in [-0.39, 0.29) is 11.4 Å². The van der Waals surface area contributed by atoms with Crippen LogP contribution in [0.4, 0.5) is 0 Å². The van der Waals surface area contributed by atoms with Crippen molar-refractivity contribution in [1.29, 1.82) is 0 Å². The largest absolute Gasteiger partial charge is 0.468 e. The normalized spacial score (nSPS) is 17.3. The third kappa shape index (κ3) is 1.93. The van der Waals surface area contributed by atoms with E-state index >= 15 is 0 Å². The number of carbonyl (C=O) groups excluding carboxylic acids is 1. The summed E-state index contributed by atoms with van der Waals surface area (Å²) in [5.74, 6) is -0.370. The summed E-state index contributed by atoms with van der Waals surface area (Å²) in [6, 6.07) is 0. The number of esters is 1. The monoisotopic (exact) mass is 159 g/mol. The Morgan fingerprint density at radius 2 is 1.64 bits per heavy atom. The molecule has 0 saturated carbocycles. The third-order valence-corrected chi connectivity index (χ3v) is 2.17. The zero-order chi connectivity index (χ0) is 9.28. The molecule has 0 heterocycles. The molecule has 0 unspecified atom stereocenters. The van der Waals surface area contributed by atoms with Crippen LogP contribution in [0.3, 0.4) is 0 Å². The van der Waals surface area contributed by atoms with Gasteiger partial charge in [0, 0.05) is 0 Å². The van der Waals surface area contributed by atoms with Gasteiger partial charge in [0.05, 0.1) is 7.11 Å². The molecule has 0 spiro atoms. The molecule has 1 atom stereocenters. The number of ether oxygens (including phenoxy) is 1. The van der Waals surface area contributed by atoms with Gasteiger partial charge in [-0.2, -0.15) is 0 Å². The molecule has 0 radical (unpaired) electrons. The van der Waals surface area contributed by atoms with Crippen molar-refractivity contribution in [1.82, 2.24) is 0 Å². The van der Waals surface area contributed by atoms with E-state index < -0.39 is 5.54 Å². The van der Waals surface area contributed by atoms with E-state index in [9.17, 15) is 4.79 Å². The summed E-state index contributed by atoms with van der Waals surface area (Å²) in [5.41, 5.74) is 4.58. The van der Waals surface area contributed by atoms with Crippen LogP contribution in [0.2, 0.25) is 0 Å². The molecule has 0 aliphatic rings. The number of hydrogen-bond acceptors (Lipinski definition) is 3. The molecule has 0 saturated heterocycles. The molecular weight excluding hydrogens is 142 g/mol. The zero-order valence-electron chi connectivity index (χ0n) is 7.89. The van der Waals surface area contributed by atoms with Gasteiger partial charge in [0.2, 0.25) is 0 Å². The first-order valence-electron chi connectivity index (χ1n) is 3.61. The second kappa shape index (κ2) is 2.81. The lowest BCUT2D eigenvalue weighted by atomic mass is 9.76. The summed E-state index contributed by atoms with van der Waals surface area (Å²) in [4.78, 5) is 11.1.